The van der Waals surface area contributed by atoms with E-state index >= 15 is 0 Å². The topological polar surface area (TPSA) is 15.3 Å². The molecular weight excluding hydrogens is 270 g/mol. The Balaban J connectivity index is 2.08. The van der Waals surface area contributed by atoms with Gasteiger partial charge in [0.25, 0.3) is 0 Å². The van der Waals surface area contributed by atoms with E-state index in [2.05, 4.69) is 17.1 Å². The summed E-state index contributed by atoms with van der Waals surface area (Å²) in [5, 5.41) is 3.55. The lowest BCUT2D eigenvalue weighted by molar-refractivity contribution is 0.175. The number of nitrogens with zero attached hydrogens (tertiary/aromatic N) is 1. The van der Waals surface area contributed by atoms with Crippen LogP contribution in [0.25, 0.3) is 0 Å². The molecule has 2 atom stereocenters. The van der Waals surface area contributed by atoms with E-state index in [0.29, 0.717) is 6.04 Å². The van der Waals surface area contributed by atoms with Crippen LogP contribution in [0.2, 0.25) is 0 Å². The van der Waals surface area contributed by atoms with Gasteiger partial charge in [0.1, 0.15) is 11.6 Å². The summed E-state index contributed by atoms with van der Waals surface area (Å²) in [4.78, 5) is 2.33. The number of rotatable bonds is 6. The van der Waals surface area contributed by atoms with Crippen molar-refractivity contribution in [2.45, 2.75) is 51.6 Å². The SMILES string of the molecule is CCCN(CC1CCCCN1)C(C)c1cc(F)cc(F)c1. The molecule has 0 spiro atoms. The van der Waals surface area contributed by atoms with Crippen LogP contribution in [0.4, 0.5) is 8.78 Å². The van der Waals surface area contributed by atoms with Crippen LogP contribution >= 0.6 is 0 Å². The lowest BCUT2D eigenvalue weighted by Crippen LogP contribution is -2.44. The van der Waals surface area contributed by atoms with E-state index in [1.54, 1.807) is 0 Å². The molecule has 118 valence electrons. The van der Waals surface area contributed by atoms with Crippen molar-refractivity contribution in [3.63, 3.8) is 0 Å². The maximum Gasteiger partial charge on any atom is 0.126 e. The van der Waals surface area contributed by atoms with Crippen LogP contribution in [0.3, 0.4) is 0 Å². The number of hydrogen-bond donors (Lipinski definition) is 1. The van der Waals surface area contributed by atoms with Gasteiger partial charge < -0.3 is 5.32 Å². The molecule has 0 radical (unpaired) electrons. The Bertz CT molecular complexity index is 424. The van der Waals surface area contributed by atoms with Crippen molar-refractivity contribution in [3.05, 3.63) is 35.4 Å². The molecule has 4 heteroatoms. The maximum atomic E-state index is 13.4. The van der Waals surface area contributed by atoms with Crippen molar-refractivity contribution in [3.8, 4) is 0 Å². The second-order valence-electron chi connectivity index (χ2n) is 6.02. The van der Waals surface area contributed by atoms with Gasteiger partial charge in [0.15, 0.2) is 0 Å². The molecule has 1 aromatic rings. The van der Waals surface area contributed by atoms with Gasteiger partial charge in [-0.2, -0.15) is 0 Å². The monoisotopic (exact) mass is 296 g/mol. The van der Waals surface area contributed by atoms with Gasteiger partial charge in [-0.25, -0.2) is 8.78 Å². The molecule has 1 aliphatic rings. The van der Waals surface area contributed by atoms with Crippen molar-refractivity contribution in [2.24, 2.45) is 0 Å². The first-order valence-electron chi connectivity index (χ1n) is 8.03. The normalized spacial score (nSPS) is 20.7. The van der Waals surface area contributed by atoms with Crippen molar-refractivity contribution >= 4 is 0 Å². The van der Waals surface area contributed by atoms with E-state index in [1.165, 1.54) is 31.4 Å². The van der Waals surface area contributed by atoms with Gasteiger partial charge >= 0.3 is 0 Å². The smallest absolute Gasteiger partial charge is 0.126 e. The Morgan fingerprint density at radius 1 is 1.24 bits per heavy atom. The van der Waals surface area contributed by atoms with Gasteiger partial charge in [0.2, 0.25) is 0 Å². The van der Waals surface area contributed by atoms with Gasteiger partial charge in [0.05, 0.1) is 0 Å². The molecule has 2 nitrogen and oxygen atoms in total. The second-order valence-corrected chi connectivity index (χ2v) is 6.02. The fourth-order valence-corrected chi connectivity index (χ4v) is 3.12. The fraction of sp³-hybridized carbons (Fsp3) is 0.647. The largest absolute Gasteiger partial charge is 0.313 e. The molecule has 0 aliphatic carbocycles. The number of piperidine rings is 1. The van der Waals surface area contributed by atoms with Gasteiger partial charge in [-0.3, -0.25) is 4.90 Å². The summed E-state index contributed by atoms with van der Waals surface area (Å²) in [5.74, 6) is -0.992. The average Bonchev–Trinajstić information content (AvgIpc) is 2.46. The number of nitrogens with one attached hydrogen (secondary N) is 1. The lowest BCUT2D eigenvalue weighted by Gasteiger charge is -2.34. The van der Waals surface area contributed by atoms with Crippen molar-refractivity contribution < 1.29 is 8.78 Å². The Labute approximate surface area is 126 Å². The van der Waals surface area contributed by atoms with Crippen LogP contribution in [0.15, 0.2) is 18.2 Å². The molecule has 0 amide bonds. The Kier molecular flexibility index (Phi) is 6.12. The predicted octanol–water partition coefficient (Wildman–Crippen LogP) is 3.88. The van der Waals surface area contributed by atoms with Crippen molar-refractivity contribution in [1.82, 2.24) is 10.2 Å². The van der Waals surface area contributed by atoms with E-state index in [0.717, 1.165) is 37.7 Å². The molecule has 1 aromatic carbocycles. The maximum absolute atomic E-state index is 13.4. The third kappa shape index (κ3) is 4.75. The van der Waals surface area contributed by atoms with Crippen LogP contribution in [-0.2, 0) is 0 Å². The molecule has 1 aliphatic heterocycles. The zero-order valence-corrected chi connectivity index (χ0v) is 13.0. The van der Waals surface area contributed by atoms with Crippen LogP contribution in [0.1, 0.15) is 51.1 Å². The highest BCUT2D eigenvalue weighted by molar-refractivity contribution is 5.21. The average molecular weight is 296 g/mol. The molecule has 0 aromatic heterocycles. The van der Waals surface area contributed by atoms with Crippen molar-refractivity contribution in [1.29, 1.82) is 0 Å². The first kappa shape index (κ1) is 16.4. The number of benzene rings is 1. The van der Waals surface area contributed by atoms with E-state index in [9.17, 15) is 8.78 Å². The molecule has 1 saturated heterocycles. The molecular formula is C17H26F2N2. The minimum absolute atomic E-state index is 0.0267. The predicted molar refractivity (Wildman–Crippen MR) is 82.3 cm³/mol. The summed E-state index contributed by atoms with van der Waals surface area (Å²) in [6.07, 6.45) is 4.73. The molecule has 2 unspecified atom stereocenters. The first-order valence-corrected chi connectivity index (χ1v) is 8.03. The van der Waals surface area contributed by atoms with E-state index < -0.39 is 11.6 Å². The minimum Gasteiger partial charge on any atom is -0.313 e. The molecule has 1 fully saturated rings. The number of hydrogen-bond acceptors (Lipinski definition) is 2. The molecule has 1 heterocycles. The molecule has 0 bridgehead atoms. The summed E-state index contributed by atoms with van der Waals surface area (Å²) < 4.78 is 26.9. The van der Waals surface area contributed by atoms with Gasteiger partial charge in [-0.15, -0.1) is 0 Å². The van der Waals surface area contributed by atoms with E-state index in [4.69, 9.17) is 0 Å². The van der Waals surface area contributed by atoms with E-state index in [1.807, 2.05) is 6.92 Å². The Morgan fingerprint density at radius 3 is 2.52 bits per heavy atom. The summed E-state index contributed by atoms with van der Waals surface area (Å²) in [6.45, 7) is 7.13. The summed E-state index contributed by atoms with van der Waals surface area (Å²) in [7, 11) is 0. The summed E-state index contributed by atoms with van der Waals surface area (Å²) in [5.41, 5.74) is 0.719. The van der Waals surface area contributed by atoms with Crippen molar-refractivity contribution in [2.75, 3.05) is 19.6 Å². The molecule has 1 N–H and O–H groups in total. The van der Waals surface area contributed by atoms with Crippen LogP contribution in [0, 0.1) is 11.6 Å². The standard InChI is InChI=1S/C17H26F2N2/c1-3-8-21(12-17-6-4-5-7-20-17)13(2)14-9-15(18)11-16(19)10-14/h9-11,13,17,20H,3-8,12H2,1-2H3. The van der Waals surface area contributed by atoms with Gasteiger partial charge in [0, 0.05) is 24.7 Å². The highest BCUT2D eigenvalue weighted by Gasteiger charge is 2.21. The quantitative estimate of drug-likeness (QED) is 0.857. The zero-order chi connectivity index (χ0) is 15.2. The molecule has 21 heavy (non-hydrogen) atoms. The molecule has 0 saturated carbocycles. The van der Waals surface area contributed by atoms with Crippen LogP contribution in [-0.4, -0.2) is 30.6 Å². The third-order valence-corrected chi connectivity index (χ3v) is 4.29. The third-order valence-electron chi connectivity index (χ3n) is 4.29. The lowest BCUT2D eigenvalue weighted by atomic mass is 10.0. The van der Waals surface area contributed by atoms with E-state index in [-0.39, 0.29) is 6.04 Å². The second kappa shape index (κ2) is 7.85. The highest BCUT2D eigenvalue weighted by Crippen LogP contribution is 2.23. The zero-order valence-electron chi connectivity index (χ0n) is 13.0. The Hall–Kier alpha value is -1.00. The number of halogens is 2. The summed E-state index contributed by atoms with van der Waals surface area (Å²) >= 11 is 0. The first-order chi connectivity index (χ1) is 10.1. The van der Waals surface area contributed by atoms with Gasteiger partial charge in [-0.05, 0) is 57.0 Å². The fourth-order valence-electron chi connectivity index (χ4n) is 3.12. The van der Waals surface area contributed by atoms with Gasteiger partial charge in [-0.1, -0.05) is 13.3 Å². The summed E-state index contributed by atoms with van der Waals surface area (Å²) in [6, 6.07) is 4.35. The molecule has 2 rings (SSSR count). The highest BCUT2D eigenvalue weighted by atomic mass is 19.1. The Morgan fingerprint density at radius 2 is 1.95 bits per heavy atom. The van der Waals surface area contributed by atoms with Crippen LogP contribution in [0.5, 0.6) is 0 Å². The minimum atomic E-state index is -0.496. The van der Waals surface area contributed by atoms with Crippen LogP contribution < -0.4 is 5.32 Å².